The summed E-state index contributed by atoms with van der Waals surface area (Å²) in [5.41, 5.74) is 5.32. The van der Waals surface area contributed by atoms with Crippen LogP contribution in [0.2, 0.25) is 0 Å². The Morgan fingerprint density at radius 1 is 1.25 bits per heavy atom. The van der Waals surface area contributed by atoms with E-state index < -0.39 is 17.8 Å². The average molecular weight is 288 g/mol. The second-order valence-electron chi connectivity index (χ2n) is 6.46. The Morgan fingerprint density at radius 3 is 2.40 bits per heavy atom. The third-order valence-corrected chi connectivity index (χ3v) is 5.10. The number of amides is 1. The highest BCUT2D eigenvalue weighted by Crippen LogP contribution is 2.65. The minimum Gasteiger partial charge on any atom is -0.381 e. The van der Waals surface area contributed by atoms with Gasteiger partial charge in [0.05, 0.1) is 6.54 Å². The number of nitrogens with two attached hydrogens (primary N) is 1. The maximum absolute atomic E-state index is 13.2. The number of rotatable bonds is 5. The molecule has 0 spiro atoms. The van der Waals surface area contributed by atoms with Gasteiger partial charge in [0.2, 0.25) is 5.91 Å². The molecule has 0 radical (unpaired) electrons. The van der Waals surface area contributed by atoms with Crippen molar-refractivity contribution in [1.82, 2.24) is 4.90 Å². The molecule has 0 aromatic rings. The predicted molar refractivity (Wildman–Crippen MR) is 69.3 cm³/mol. The molecule has 3 aliphatic rings. The van der Waals surface area contributed by atoms with E-state index in [0.717, 1.165) is 19.4 Å². The number of fused-ring (bicyclic) bond motifs is 1. The fraction of sp³-hybridized carbons (Fsp3) is 0.929. The van der Waals surface area contributed by atoms with E-state index >= 15 is 0 Å². The molecule has 2 aliphatic carbocycles. The van der Waals surface area contributed by atoms with Crippen molar-refractivity contribution in [3.05, 3.63) is 0 Å². The maximum Gasteiger partial charge on any atom is 0.254 e. The summed E-state index contributed by atoms with van der Waals surface area (Å²) < 4.78 is 31.8. The summed E-state index contributed by atoms with van der Waals surface area (Å²) in [5.74, 6) is -3.28. The van der Waals surface area contributed by atoms with Crippen molar-refractivity contribution < 1.29 is 18.3 Å². The van der Waals surface area contributed by atoms with Crippen LogP contribution in [0.3, 0.4) is 0 Å². The van der Waals surface area contributed by atoms with Gasteiger partial charge in [-0.2, -0.15) is 0 Å². The first kappa shape index (κ1) is 14.2. The predicted octanol–water partition coefficient (Wildman–Crippen LogP) is 1.24. The molecule has 6 heteroatoms. The van der Waals surface area contributed by atoms with Crippen LogP contribution in [-0.4, -0.2) is 49.1 Å². The lowest BCUT2D eigenvalue weighted by atomic mass is 9.99. The van der Waals surface area contributed by atoms with Crippen molar-refractivity contribution in [3.63, 3.8) is 0 Å². The van der Waals surface area contributed by atoms with Gasteiger partial charge in [0, 0.05) is 37.6 Å². The number of primary amides is 1. The fourth-order valence-corrected chi connectivity index (χ4v) is 3.99. The molecular formula is C14H22F2N2O2. The Hall–Kier alpha value is -0.750. The summed E-state index contributed by atoms with van der Waals surface area (Å²) in [6.45, 7) is 2.35. The average Bonchev–Trinajstić information content (AvgIpc) is 2.79. The Balaban J connectivity index is 1.55. The first-order valence-corrected chi connectivity index (χ1v) is 7.46. The molecule has 1 saturated heterocycles. The molecule has 2 saturated carbocycles. The Morgan fingerprint density at radius 2 is 1.85 bits per heavy atom. The van der Waals surface area contributed by atoms with Crippen LogP contribution in [0.4, 0.5) is 8.78 Å². The SMILES string of the molecule is NC(=O)CN(CC1CC2C(C1)C2(F)F)C1CCOCC1. The molecule has 3 fully saturated rings. The van der Waals surface area contributed by atoms with E-state index in [-0.39, 0.29) is 18.4 Å². The van der Waals surface area contributed by atoms with Gasteiger partial charge < -0.3 is 10.5 Å². The third-order valence-electron chi connectivity index (χ3n) is 5.10. The van der Waals surface area contributed by atoms with E-state index in [1.165, 1.54) is 0 Å². The normalized spacial score (nSPS) is 36.0. The second-order valence-corrected chi connectivity index (χ2v) is 6.46. The van der Waals surface area contributed by atoms with Crippen LogP contribution in [0.15, 0.2) is 0 Å². The molecule has 2 N–H and O–H groups in total. The van der Waals surface area contributed by atoms with Gasteiger partial charge in [-0.25, -0.2) is 8.78 Å². The van der Waals surface area contributed by atoms with Gasteiger partial charge in [0.15, 0.2) is 0 Å². The zero-order valence-electron chi connectivity index (χ0n) is 11.6. The second kappa shape index (κ2) is 5.22. The minimum atomic E-state index is -2.41. The van der Waals surface area contributed by atoms with Crippen molar-refractivity contribution in [2.75, 3.05) is 26.3 Å². The van der Waals surface area contributed by atoms with Crippen molar-refractivity contribution in [2.24, 2.45) is 23.5 Å². The molecule has 1 aliphatic heterocycles. The molecule has 4 nitrogen and oxygen atoms in total. The lowest BCUT2D eigenvalue weighted by Crippen LogP contribution is -2.46. The summed E-state index contributed by atoms with van der Waals surface area (Å²) >= 11 is 0. The molecule has 0 aromatic carbocycles. The van der Waals surface area contributed by atoms with Crippen LogP contribution in [0, 0.1) is 17.8 Å². The van der Waals surface area contributed by atoms with E-state index in [4.69, 9.17) is 10.5 Å². The van der Waals surface area contributed by atoms with Crippen molar-refractivity contribution >= 4 is 5.91 Å². The van der Waals surface area contributed by atoms with Gasteiger partial charge in [-0.05, 0) is 31.6 Å². The molecular weight excluding hydrogens is 266 g/mol. The number of hydrogen-bond donors (Lipinski definition) is 1. The molecule has 20 heavy (non-hydrogen) atoms. The molecule has 0 bridgehead atoms. The summed E-state index contributed by atoms with van der Waals surface area (Å²) in [4.78, 5) is 13.3. The lowest BCUT2D eigenvalue weighted by Gasteiger charge is -2.35. The van der Waals surface area contributed by atoms with Gasteiger partial charge in [0.1, 0.15) is 0 Å². The third kappa shape index (κ3) is 2.68. The van der Waals surface area contributed by atoms with Crippen molar-refractivity contribution in [2.45, 2.75) is 37.6 Å². The number of nitrogens with zero attached hydrogens (tertiary/aromatic N) is 1. The zero-order chi connectivity index (χ0) is 14.3. The standard InChI is InChI=1S/C14H22F2N2O2/c15-14(16)11-5-9(6-12(11)14)7-18(8-13(17)19)10-1-3-20-4-2-10/h9-12H,1-8H2,(H2,17,19). The van der Waals surface area contributed by atoms with Crippen molar-refractivity contribution in [3.8, 4) is 0 Å². The Labute approximate surface area is 117 Å². The fourth-order valence-electron chi connectivity index (χ4n) is 3.99. The smallest absolute Gasteiger partial charge is 0.254 e. The number of carbonyl (C=O) groups is 1. The highest BCUT2D eigenvalue weighted by molar-refractivity contribution is 5.75. The topological polar surface area (TPSA) is 55.6 Å². The van der Waals surface area contributed by atoms with Crippen LogP contribution >= 0.6 is 0 Å². The summed E-state index contributed by atoms with van der Waals surface area (Å²) in [5, 5.41) is 0. The van der Waals surface area contributed by atoms with Gasteiger partial charge in [-0.3, -0.25) is 9.69 Å². The highest BCUT2D eigenvalue weighted by Gasteiger charge is 2.71. The number of hydrogen-bond acceptors (Lipinski definition) is 3. The number of alkyl halides is 2. The monoisotopic (exact) mass is 288 g/mol. The van der Waals surface area contributed by atoms with Crippen molar-refractivity contribution in [1.29, 1.82) is 0 Å². The summed E-state index contributed by atoms with van der Waals surface area (Å²) in [7, 11) is 0. The lowest BCUT2D eigenvalue weighted by molar-refractivity contribution is -0.120. The van der Waals surface area contributed by atoms with E-state index in [1.807, 2.05) is 0 Å². The zero-order valence-corrected chi connectivity index (χ0v) is 11.6. The van der Waals surface area contributed by atoms with E-state index in [2.05, 4.69) is 4.90 Å². The van der Waals surface area contributed by atoms with E-state index in [9.17, 15) is 13.6 Å². The van der Waals surface area contributed by atoms with Gasteiger partial charge in [0.25, 0.3) is 5.92 Å². The summed E-state index contributed by atoms with van der Waals surface area (Å²) in [6, 6.07) is 0.300. The maximum atomic E-state index is 13.2. The highest BCUT2D eigenvalue weighted by atomic mass is 19.3. The molecule has 1 heterocycles. The van der Waals surface area contributed by atoms with Crippen LogP contribution in [0.25, 0.3) is 0 Å². The van der Waals surface area contributed by atoms with Crippen LogP contribution in [0.1, 0.15) is 25.7 Å². The molecule has 114 valence electrons. The number of ether oxygens (including phenoxy) is 1. The van der Waals surface area contributed by atoms with E-state index in [1.54, 1.807) is 0 Å². The largest absolute Gasteiger partial charge is 0.381 e. The molecule has 0 aromatic heterocycles. The quantitative estimate of drug-likeness (QED) is 0.828. The van der Waals surface area contributed by atoms with Crippen LogP contribution in [0.5, 0.6) is 0 Å². The molecule has 2 unspecified atom stereocenters. The minimum absolute atomic E-state index is 0.229. The summed E-state index contributed by atoms with van der Waals surface area (Å²) in [6.07, 6.45) is 2.97. The van der Waals surface area contributed by atoms with Crippen LogP contribution < -0.4 is 5.73 Å². The molecule has 1 amide bonds. The number of halogens is 2. The van der Waals surface area contributed by atoms with E-state index in [0.29, 0.717) is 32.1 Å². The first-order chi connectivity index (χ1) is 9.48. The number of carbonyl (C=O) groups excluding carboxylic acids is 1. The first-order valence-electron chi connectivity index (χ1n) is 7.46. The van der Waals surface area contributed by atoms with Gasteiger partial charge >= 0.3 is 0 Å². The van der Waals surface area contributed by atoms with Gasteiger partial charge in [-0.15, -0.1) is 0 Å². The van der Waals surface area contributed by atoms with Crippen LogP contribution in [-0.2, 0) is 9.53 Å². The molecule has 2 atom stereocenters. The Bertz CT molecular complexity index is 371. The Kier molecular flexibility index (Phi) is 3.71. The molecule has 3 rings (SSSR count). The van der Waals surface area contributed by atoms with Gasteiger partial charge in [-0.1, -0.05) is 0 Å².